The van der Waals surface area contributed by atoms with Crippen LogP contribution >= 0.6 is 23.2 Å². The summed E-state index contributed by atoms with van der Waals surface area (Å²) in [6.45, 7) is 0.739. The van der Waals surface area contributed by atoms with Gasteiger partial charge in [0.15, 0.2) is 0 Å². The summed E-state index contributed by atoms with van der Waals surface area (Å²) in [5.74, 6) is 0.226. The Hall–Kier alpha value is -0.870. The molecule has 1 atom stereocenters. The molecule has 2 heterocycles. The van der Waals surface area contributed by atoms with E-state index in [4.69, 9.17) is 23.2 Å². The van der Waals surface area contributed by atoms with Gasteiger partial charge >= 0.3 is 0 Å². The molecule has 0 aromatic carbocycles. The minimum atomic E-state index is 0.0988. The Bertz CT molecular complexity index is 404. The highest BCUT2D eigenvalue weighted by Crippen LogP contribution is 2.28. The molecule has 1 amide bonds. The first-order chi connectivity index (χ1) is 7.56. The number of aromatic nitrogens is 2. The van der Waals surface area contributed by atoms with Crippen molar-refractivity contribution in [1.82, 2.24) is 14.9 Å². The summed E-state index contributed by atoms with van der Waals surface area (Å²) in [6, 6.07) is 1.68. The van der Waals surface area contributed by atoms with Crippen molar-refractivity contribution in [2.24, 2.45) is 0 Å². The second kappa shape index (κ2) is 4.55. The first kappa shape index (κ1) is 11.6. The Labute approximate surface area is 104 Å². The molecular formula is C10H11Cl2N3O. The number of likely N-dealkylation sites (tertiary alicyclic amines) is 1. The summed E-state index contributed by atoms with van der Waals surface area (Å²) in [5.41, 5.74) is 0.756. The highest BCUT2D eigenvalue weighted by Gasteiger charge is 2.25. The average molecular weight is 260 g/mol. The number of carbonyl (C=O) groups excluding carboxylic acids is 1. The fourth-order valence-corrected chi connectivity index (χ4v) is 2.23. The lowest BCUT2D eigenvalue weighted by Gasteiger charge is -2.28. The van der Waals surface area contributed by atoms with Gasteiger partial charge in [-0.25, -0.2) is 9.97 Å². The number of nitrogens with zero attached hydrogens (tertiary/aromatic N) is 3. The fourth-order valence-electron chi connectivity index (χ4n) is 1.81. The van der Waals surface area contributed by atoms with E-state index in [2.05, 4.69) is 9.97 Å². The molecule has 1 unspecified atom stereocenters. The monoisotopic (exact) mass is 259 g/mol. The van der Waals surface area contributed by atoms with E-state index in [0.29, 0.717) is 11.6 Å². The molecule has 1 aliphatic heterocycles. The Morgan fingerprint density at radius 1 is 1.44 bits per heavy atom. The zero-order chi connectivity index (χ0) is 11.7. The van der Waals surface area contributed by atoms with Crippen LogP contribution in [0.15, 0.2) is 6.07 Å². The van der Waals surface area contributed by atoms with E-state index < -0.39 is 0 Å². The minimum Gasteiger partial charge on any atom is -0.346 e. The maximum Gasteiger partial charge on any atom is 0.224 e. The van der Waals surface area contributed by atoms with Crippen molar-refractivity contribution in [3.8, 4) is 0 Å². The molecule has 16 heavy (non-hydrogen) atoms. The first-order valence-corrected chi connectivity index (χ1v) is 5.76. The fraction of sp³-hybridized carbons (Fsp3) is 0.500. The lowest BCUT2D eigenvalue weighted by Crippen LogP contribution is -2.35. The van der Waals surface area contributed by atoms with Crippen LogP contribution < -0.4 is 0 Å². The molecule has 0 N–H and O–H groups in total. The van der Waals surface area contributed by atoms with Crippen LogP contribution in [0.2, 0.25) is 10.4 Å². The first-order valence-electron chi connectivity index (χ1n) is 5.00. The lowest BCUT2D eigenvalue weighted by molar-refractivity contribution is -0.132. The van der Waals surface area contributed by atoms with Crippen molar-refractivity contribution < 1.29 is 4.79 Å². The number of rotatable bonds is 1. The molecule has 0 bridgehead atoms. The van der Waals surface area contributed by atoms with Crippen molar-refractivity contribution >= 4 is 29.1 Å². The molecule has 1 saturated heterocycles. The smallest absolute Gasteiger partial charge is 0.224 e. The third-order valence-corrected chi connectivity index (χ3v) is 3.13. The average Bonchev–Trinajstić information content (AvgIpc) is 2.20. The molecule has 1 aromatic rings. The van der Waals surface area contributed by atoms with Crippen LogP contribution in [-0.4, -0.2) is 34.4 Å². The van der Waals surface area contributed by atoms with E-state index in [9.17, 15) is 4.79 Å². The topological polar surface area (TPSA) is 46.1 Å². The van der Waals surface area contributed by atoms with Crippen molar-refractivity contribution in [3.05, 3.63) is 22.2 Å². The van der Waals surface area contributed by atoms with Crippen LogP contribution in [-0.2, 0) is 4.79 Å². The molecule has 0 spiro atoms. The van der Waals surface area contributed by atoms with Crippen LogP contribution in [0.5, 0.6) is 0 Å². The second-order valence-corrected chi connectivity index (χ2v) is 4.61. The van der Waals surface area contributed by atoms with Gasteiger partial charge in [0.05, 0.1) is 5.69 Å². The number of halogens is 2. The third-order valence-electron chi connectivity index (χ3n) is 2.77. The Morgan fingerprint density at radius 3 is 2.81 bits per heavy atom. The van der Waals surface area contributed by atoms with Gasteiger partial charge in [0.2, 0.25) is 11.2 Å². The van der Waals surface area contributed by atoms with Crippen LogP contribution in [0.25, 0.3) is 0 Å². The second-order valence-electron chi connectivity index (χ2n) is 3.89. The van der Waals surface area contributed by atoms with Crippen LogP contribution in [0, 0.1) is 0 Å². The molecular weight excluding hydrogens is 249 g/mol. The molecule has 1 fully saturated rings. The van der Waals surface area contributed by atoms with Gasteiger partial charge in [0.1, 0.15) is 5.15 Å². The summed E-state index contributed by atoms with van der Waals surface area (Å²) < 4.78 is 0. The van der Waals surface area contributed by atoms with Crippen LogP contribution in [0.4, 0.5) is 0 Å². The van der Waals surface area contributed by atoms with E-state index >= 15 is 0 Å². The summed E-state index contributed by atoms with van der Waals surface area (Å²) in [7, 11) is 1.80. The molecule has 1 aromatic heterocycles. The van der Waals surface area contributed by atoms with Gasteiger partial charge in [-0.05, 0) is 24.1 Å². The van der Waals surface area contributed by atoms with Crippen LogP contribution in [0.1, 0.15) is 24.5 Å². The van der Waals surface area contributed by atoms with E-state index in [-0.39, 0.29) is 17.1 Å². The van der Waals surface area contributed by atoms with E-state index in [1.807, 2.05) is 0 Å². The number of hydrogen-bond acceptors (Lipinski definition) is 3. The van der Waals surface area contributed by atoms with Crippen molar-refractivity contribution in [2.45, 2.75) is 18.8 Å². The molecule has 4 nitrogen and oxygen atoms in total. The molecule has 0 aliphatic carbocycles. The van der Waals surface area contributed by atoms with Crippen molar-refractivity contribution in [2.75, 3.05) is 13.6 Å². The zero-order valence-electron chi connectivity index (χ0n) is 8.78. The molecule has 0 saturated carbocycles. The predicted octanol–water partition coefficient (Wildman–Crippen LogP) is 2.12. The number of hydrogen-bond donors (Lipinski definition) is 0. The summed E-state index contributed by atoms with van der Waals surface area (Å²) in [4.78, 5) is 21.2. The molecule has 6 heteroatoms. The highest BCUT2D eigenvalue weighted by molar-refractivity contribution is 6.31. The van der Waals surface area contributed by atoms with E-state index in [0.717, 1.165) is 18.7 Å². The molecule has 86 valence electrons. The SMILES string of the molecule is CN1CCC(c2cc(Cl)nc(Cl)n2)CC1=O. The molecule has 1 aliphatic rings. The maximum absolute atomic E-state index is 11.6. The van der Waals surface area contributed by atoms with Gasteiger partial charge in [-0.2, -0.15) is 0 Å². The summed E-state index contributed by atoms with van der Waals surface area (Å²) >= 11 is 11.5. The number of piperidine rings is 1. The summed E-state index contributed by atoms with van der Waals surface area (Å²) in [6.07, 6.45) is 1.34. The largest absolute Gasteiger partial charge is 0.346 e. The van der Waals surface area contributed by atoms with Gasteiger partial charge in [0, 0.05) is 25.9 Å². The quantitative estimate of drug-likeness (QED) is 0.574. The minimum absolute atomic E-state index is 0.0988. The third kappa shape index (κ3) is 2.44. The van der Waals surface area contributed by atoms with Crippen molar-refractivity contribution in [3.63, 3.8) is 0 Å². The lowest BCUT2D eigenvalue weighted by atomic mass is 9.93. The highest BCUT2D eigenvalue weighted by atomic mass is 35.5. The molecule has 0 radical (unpaired) electrons. The Morgan fingerprint density at radius 2 is 2.19 bits per heavy atom. The van der Waals surface area contributed by atoms with Gasteiger partial charge in [-0.1, -0.05) is 11.6 Å². The Balaban J connectivity index is 2.21. The van der Waals surface area contributed by atoms with Gasteiger partial charge in [-0.15, -0.1) is 0 Å². The van der Waals surface area contributed by atoms with E-state index in [1.54, 1.807) is 18.0 Å². The predicted molar refractivity (Wildman–Crippen MR) is 61.7 cm³/mol. The van der Waals surface area contributed by atoms with E-state index in [1.165, 1.54) is 0 Å². The van der Waals surface area contributed by atoms with Crippen LogP contribution in [0.3, 0.4) is 0 Å². The zero-order valence-corrected chi connectivity index (χ0v) is 10.3. The normalized spacial score (nSPS) is 21.3. The van der Waals surface area contributed by atoms with Gasteiger partial charge in [0.25, 0.3) is 0 Å². The molecule has 2 rings (SSSR count). The standard InChI is InChI=1S/C10H11Cl2N3O/c1-15-3-2-6(4-9(15)16)7-5-8(11)14-10(12)13-7/h5-6H,2-4H2,1H3. The summed E-state index contributed by atoms with van der Waals surface area (Å²) in [5, 5.41) is 0.454. The number of carbonyl (C=O) groups is 1. The maximum atomic E-state index is 11.6. The number of amides is 1. The van der Waals surface area contributed by atoms with Gasteiger partial charge in [-0.3, -0.25) is 4.79 Å². The van der Waals surface area contributed by atoms with Gasteiger partial charge < -0.3 is 4.90 Å². The Kier molecular flexibility index (Phi) is 3.30. The van der Waals surface area contributed by atoms with Crippen molar-refractivity contribution in [1.29, 1.82) is 0 Å².